The zero-order valence-corrected chi connectivity index (χ0v) is 11.8. The third-order valence-electron chi connectivity index (χ3n) is 3.82. The van der Waals surface area contributed by atoms with E-state index in [1.54, 1.807) is 30.2 Å². The molecule has 2 rings (SSSR count). The minimum atomic E-state index is -0.284. The van der Waals surface area contributed by atoms with Gasteiger partial charge in [-0.1, -0.05) is 11.6 Å². The van der Waals surface area contributed by atoms with E-state index in [9.17, 15) is 9.90 Å². The van der Waals surface area contributed by atoms with Crippen molar-refractivity contribution in [3.05, 3.63) is 29.3 Å². The summed E-state index contributed by atoms with van der Waals surface area (Å²) in [4.78, 5) is 14.3. The van der Waals surface area contributed by atoms with E-state index in [4.69, 9.17) is 4.74 Å². The van der Waals surface area contributed by atoms with Crippen LogP contribution < -0.4 is 0 Å². The molecule has 1 unspecified atom stereocenters. The van der Waals surface area contributed by atoms with Gasteiger partial charge in [-0.25, -0.2) is 0 Å². The highest BCUT2D eigenvalue weighted by Gasteiger charge is 2.33. The maximum absolute atomic E-state index is 12.5. The number of hydrogen-bond acceptors (Lipinski definition) is 3. The maximum Gasteiger partial charge on any atom is 0.257 e. The molecule has 0 bridgehead atoms. The Morgan fingerprint density at radius 2 is 2.21 bits per heavy atom. The summed E-state index contributed by atoms with van der Waals surface area (Å²) in [6.45, 7) is 5.20. The van der Waals surface area contributed by atoms with Gasteiger partial charge in [0.15, 0.2) is 0 Å². The second-order valence-electron chi connectivity index (χ2n) is 5.50. The Balaban J connectivity index is 2.22. The second-order valence-corrected chi connectivity index (χ2v) is 5.50. The SMILES string of the molecule is COC1(C)CCCN(C(=O)c2cc(C)ccc2O)C1. The first-order valence-electron chi connectivity index (χ1n) is 6.59. The normalized spacial score (nSPS) is 23.4. The third kappa shape index (κ3) is 2.89. The maximum atomic E-state index is 12.5. The number of phenols is 1. The summed E-state index contributed by atoms with van der Waals surface area (Å²) in [6.07, 6.45) is 1.87. The molecule has 0 aliphatic carbocycles. The molecule has 1 aromatic rings. The van der Waals surface area contributed by atoms with E-state index in [0.717, 1.165) is 18.4 Å². The van der Waals surface area contributed by atoms with Crippen LogP contribution in [0.25, 0.3) is 0 Å². The fraction of sp³-hybridized carbons (Fsp3) is 0.533. The molecule has 0 radical (unpaired) electrons. The number of phenolic OH excluding ortho intramolecular Hbond substituents is 1. The molecule has 0 spiro atoms. The highest BCUT2D eigenvalue weighted by atomic mass is 16.5. The average molecular weight is 263 g/mol. The number of rotatable bonds is 2. The average Bonchev–Trinajstić information content (AvgIpc) is 2.41. The predicted molar refractivity (Wildman–Crippen MR) is 73.4 cm³/mol. The summed E-state index contributed by atoms with van der Waals surface area (Å²) in [5.41, 5.74) is 1.06. The lowest BCUT2D eigenvalue weighted by atomic mass is 9.94. The number of methoxy groups -OCH3 is 1. The standard InChI is InChI=1S/C15H21NO3/c1-11-5-6-13(17)12(9-11)14(18)16-8-4-7-15(2,10-16)19-3/h5-6,9,17H,4,7-8,10H2,1-3H3. The molecule has 1 aliphatic heterocycles. The van der Waals surface area contributed by atoms with Crippen molar-refractivity contribution in [2.45, 2.75) is 32.3 Å². The molecule has 4 nitrogen and oxygen atoms in total. The van der Waals surface area contributed by atoms with Crippen molar-refractivity contribution >= 4 is 5.91 Å². The molecule has 1 atom stereocenters. The van der Waals surface area contributed by atoms with Gasteiger partial charge in [0.25, 0.3) is 5.91 Å². The topological polar surface area (TPSA) is 49.8 Å². The Morgan fingerprint density at radius 1 is 1.47 bits per heavy atom. The lowest BCUT2D eigenvalue weighted by Crippen LogP contribution is -2.49. The Hall–Kier alpha value is -1.55. The molecule has 1 aromatic carbocycles. The first-order chi connectivity index (χ1) is 8.95. The van der Waals surface area contributed by atoms with Crippen LogP contribution in [0.4, 0.5) is 0 Å². The van der Waals surface area contributed by atoms with E-state index in [1.165, 1.54) is 0 Å². The van der Waals surface area contributed by atoms with Gasteiger partial charge in [0.1, 0.15) is 5.75 Å². The summed E-state index contributed by atoms with van der Waals surface area (Å²) < 4.78 is 5.49. The number of likely N-dealkylation sites (tertiary alicyclic amines) is 1. The van der Waals surface area contributed by atoms with E-state index in [-0.39, 0.29) is 17.3 Å². The first kappa shape index (κ1) is 13.9. The summed E-state index contributed by atoms with van der Waals surface area (Å²) in [7, 11) is 1.68. The van der Waals surface area contributed by atoms with Crippen molar-refractivity contribution in [3.63, 3.8) is 0 Å². The van der Waals surface area contributed by atoms with Gasteiger partial charge >= 0.3 is 0 Å². The fourth-order valence-electron chi connectivity index (χ4n) is 2.54. The summed E-state index contributed by atoms with van der Waals surface area (Å²) in [6, 6.07) is 5.10. The molecular weight excluding hydrogens is 242 g/mol. The van der Waals surface area contributed by atoms with Gasteiger partial charge < -0.3 is 14.7 Å². The Labute approximate surface area is 114 Å². The molecule has 0 aromatic heterocycles. The van der Waals surface area contributed by atoms with Crippen LogP contribution in [0.1, 0.15) is 35.7 Å². The van der Waals surface area contributed by atoms with Crippen molar-refractivity contribution in [3.8, 4) is 5.75 Å². The van der Waals surface area contributed by atoms with Crippen LogP contribution in [-0.4, -0.2) is 41.7 Å². The zero-order chi connectivity index (χ0) is 14.0. The number of amides is 1. The quantitative estimate of drug-likeness (QED) is 0.891. The van der Waals surface area contributed by atoms with Gasteiger partial charge in [-0.05, 0) is 38.8 Å². The molecular formula is C15H21NO3. The highest BCUT2D eigenvalue weighted by molar-refractivity contribution is 5.97. The number of hydrogen-bond donors (Lipinski definition) is 1. The lowest BCUT2D eigenvalue weighted by Gasteiger charge is -2.39. The van der Waals surface area contributed by atoms with E-state index in [2.05, 4.69) is 0 Å². The van der Waals surface area contributed by atoms with Crippen LogP contribution in [0, 0.1) is 6.92 Å². The molecule has 1 heterocycles. The lowest BCUT2D eigenvalue weighted by molar-refractivity contribution is -0.0440. The summed E-state index contributed by atoms with van der Waals surface area (Å²) in [5.74, 6) is -0.0792. The van der Waals surface area contributed by atoms with Crippen LogP contribution in [0.15, 0.2) is 18.2 Å². The smallest absolute Gasteiger partial charge is 0.257 e. The van der Waals surface area contributed by atoms with Gasteiger partial charge in [-0.15, -0.1) is 0 Å². The van der Waals surface area contributed by atoms with Crippen LogP contribution in [0.5, 0.6) is 5.75 Å². The first-order valence-corrected chi connectivity index (χ1v) is 6.59. The largest absolute Gasteiger partial charge is 0.507 e. The summed E-state index contributed by atoms with van der Waals surface area (Å²) >= 11 is 0. The molecule has 1 fully saturated rings. The molecule has 0 saturated carbocycles. The van der Waals surface area contributed by atoms with Gasteiger partial charge in [0.05, 0.1) is 11.2 Å². The van der Waals surface area contributed by atoms with Crippen molar-refractivity contribution in [2.24, 2.45) is 0 Å². The van der Waals surface area contributed by atoms with E-state index in [1.807, 2.05) is 13.8 Å². The number of carbonyl (C=O) groups excluding carboxylic acids is 1. The van der Waals surface area contributed by atoms with Gasteiger partial charge in [-0.2, -0.15) is 0 Å². The Bertz CT molecular complexity index is 486. The molecule has 1 amide bonds. The minimum absolute atomic E-state index is 0.0419. The molecule has 104 valence electrons. The Kier molecular flexibility index (Phi) is 3.80. The van der Waals surface area contributed by atoms with E-state index in [0.29, 0.717) is 18.7 Å². The number of benzene rings is 1. The van der Waals surface area contributed by atoms with Crippen molar-refractivity contribution in [1.29, 1.82) is 0 Å². The van der Waals surface area contributed by atoms with Crippen molar-refractivity contribution < 1.29 is 14.6 Å². The molecule has 4 heteroatoms. The van der Waals surface area contributed by atoms with E-state index < -0.39 is 0 Å². The van der Waals surface area contributed by atoms with Crippen LogP contribution in [-0.2, 0) is 4.74 Å². The van der Waals surface area contributed by atoms with E-state index >= 15 is 0 Å². The number of piperidine rings is 1. The van der Waals surface area contributed by atoms with Gasteiger partial charge in [0.2, 0.25) is 0 Å². The second kappa shape index (κ2) is 5.21. The molecule has 1 saturated heterocycles. The monoisotopic (exact) mass is 263 g/mol. The van der Waals surface area contributed by atoms with Crippen LogP contribution in [0.3, 0.4) is 0 Å². The summed E-state index contributed by atoms with van der Waals surface area (Å²) in [5, 5.41) is 9.84. The highest BCUT2D eigenvalue weighted by Crippen LogP contribution is 2.27. The number of ether oxygens (including phenoxy) is 1. The zero-order valence-electron chi connectivity index (χ0n) is 11.8. The number of nitrogens with zero attached hydrogens (tertiary/aromatic N) is 1. The molecule has 1 N–H and O–H groups in total. The third-order valence-corrected chi connectivity index (χ3v) is 3.82. The van der Waals surface area contributed by atoms with Crippen molar-refractivity contribution in [1.82, 2.24) is 4.90 Å². The number of carbonyl (C=O) groups is 1. The molecule has 1 aliphatic rings. The van der Waals surface area contributed by atoms with Crippen LogP contribution >= 0.6 is 0 Å². The molecule has 19 heavy (non-hydrogen) atoms. The van der Waals surface area contributed by atoms with Crippen molar-refractivity contribution in [2.75, 3.05) is 20.2 Å². The van der Waals surface area contributed by atoms with Gasteiger partial charge in [0, 0.05) is 20.2 Å². The number of aromatic hydroxyl groups is 1. The van der Waals surface area contributed by atoms with Gasteiger partial charge in [-0.3, -0.25) is 4.79 Å². The fourth-order valence-corrected chi connectivity index (χ4v) is 2.54. The minimum Gasteiger partial charge on any atom is -0.507 e. The van der Waals surface area contributed by atoms with Crippen LogP contribution in [0.2, 0.25) is 0 Å². The Morgan fingerprint density at radius 3 is 2.89 bits per heavy atom. The number of aryl methyl sites for hydroxylation is 1. The predicted octanol–water partition coefficient (Wildman–Crippen LogP) is 2.34.